The Morgan fingerprint density at radius 3 is 2.37 bits per heavy atom. The Morgan fingerprint density at radius 1 is 1.00 bits per heavy atom. The molecule has 0 atom stereocenters. The van der Waals surface area contributed by atoms with Gasteiger partial charge in [-0.15, -0.1) is 0 Å². The highest BCUT2D eigenvalue weighted by atomic mass is 16.6. The lowest BCUT2D eigenvalue weighted by Crippen LogP contribution is -2.50. The van der Waals surface area contributed by atoms with Crippen LogP contribution < -0.4 is 4.90 Å². The lowest BCUT2D eigenvalue weighted by atomic mass is 10.1. The first-order valence-electron chi connectivity index (χ1n) is 10.5. The van der Waals surface area contributed by atoms with Gasteiger partial charge in [-0.3, -0.25) is 4.79 Å². The van der Waals surface area contributed by atoms with Crippen molar-refractivity contribution in [3.63, 3.8) is 0 Å². The molecule has 2 amide bonds. The molecule has 0 aromatic heterocycles. The zero-order chi connectivity index (χ0) is 21.3. The topological polar surface area (TPSA) is 53.1 Å². The van der Waals surface area contributed by atoms with Crippen molar-refractivity contribution >= 4 is 17.7 Å². The van der Waals surface area contributed by atoms with Crippen molar-refractivity contribution in [2.45, 2.75) is 39.5 Å². The molecule has 4 rings (SSSR count). The van der Waals surface area contributed by atoms with Crippen LogP contribution in [0.5, 0.6) is 0 Å². The quantitative estimate of drug-likeness (QED) is 0.774. The van der Waals surface area contributed by atoms with Crippen molar-refractivity contribution < 1.29 is 14.3 Å². The lowest BCUT2D eigenvalue weighted by Gasteiger charge is -2.36. The Balaban J connectivity index is 1.39. The Bertz CT molecular complexity index is 928. The number of ether oxygens (including phenoxy) is 1. The van der Waals surface area contributed by atoms with Gasteiger partial charge in [0.05, 0.1) is 0 Å². The van der Waals surface area contributed by atoms with Gasteiger partial charge in [0.25, 0.3) is 5.91 Å². The number of piperazine rings is 1. The molecular weight excluding hydrogens is 378 g/mol. The van der Waals surface area contributed by atoms with E-state index in [0.29, 0.717) is 26.2 Å². The lowest BCUT2D eigenvalue weighted by molar-refractivity contribution is 0.0240. The Labute approximate surface area is 178 Å². The van der Waals surface area contributed by atoms with Crippen molar-refractivity contribution in [1.29, 1.82) is 0 Å². The summed E-state index contributed by atoms with van der Waals surface area (Å²) in [6.45, 7) is 9.57. The third-order valence-electron chi connectivity index (χ3n) is 5.49. The molecule has 6 nitrogen and oxygen atoms in total. The maximum atomic E-state index is 12.9. The van der Waals surface area contributed by atoms with E-state index in [1.165, 1.54) is 0 Å². The summed E-state index contributed by atoms with van der Waals surface area (Å²) in [7, 11) is 0. The third kappa shape index (κ3) is 4.42. The molecule has 0 bridgehead atoms. The van der Waals surface area contributed by atoms with Gasteiger partial charge >= 0.3 is 6.09 Å². The van der Waals surface area contributed by atoms with E-state index in [0.717, 1.165) is 35.5 Å². The number of carbonyl (C=O) groups excluding carboxylic acids is 2. The fourth-order valence-electron chi connectivity index (χ4n) is 3.95. The van der Waals surface area contributed by atoms with Crippen molar-refractivity contribution in [2.75, 3.05) is 31.1 Å². The molecule has 1 saturated heterocycles. The van der Waals surface area contributed by atoms with Crippen LogP contribution in [0.4, 0.5) is 10.5 Å². The van der Waals surface area contributed by atoms with Gasteiger partial charge in [-0.25, -0.2) is 4.79 Å². The molecular formula is C24H29N3O3. The highest BCUT2D eigenvalue weighted by molar-refractivity contribution is 5.99. The van der Waals surface area contributed by atoms with Gasteiger partial charge in [0.1, 0.15) is 5.60 Å². The van der Waals surface area contributed by atoms with Crippen molar-refractivity contribution in [3.05, 3.63) is 65.2 Å². The van der Waals surface area contributed by atoms with Crippen LogP contribution in [0.25, 0.3) is 0 Å². The number of rotatable bonds is 3. The zero-order valence-electron chi connectivity index (χ0n) is 17.9. The van der Waals surface area contributed by atoms with E-state index >= 15 is 0 Å². The van der Waals surface area contributed by atoms with E-state index < -0.39 is 5.60 Å². The molecule has 2 aromatic carbocycles. The Morgan fingerprint density at radius 2 is 1.70 bits per heavy atom. The molecule has 30 heavy (non-hydrogen) atoms. The molecule has 0 radical (unpaired) electrons. The SMILES string of the molecule is CC(C)(C)OC(=O)N1CCN(c2ccc3c(c2)C(=O)N(Cc2ccccc2)C3)CC1. The normalized spacial score (nSPS) is 16.6. The van der Waals surface area contributed by atoms with Crippen molar-refractivity contribution in [2.24, 2.45) is 0 Å². The molecule has 2 heterocycles. The summed E-state index contributed by atoms with van der Waals surface area (Å²) in [4.78, 5) is 31.1. The summed E-state index contributed by atoms with van der Waals surface area (Å²) in [5, 5.41) is 0. The van der Waals surface area contributed by atoms with Gasteiger partial charge in [0, 0.05) is 50.5 Å². The summed E-state index contributed by atoms with van der Waals surface area (Å²) in [5.74, 6) is 0.0862. The van der Waals surface area contributed by atoms with E-state index in [4.69, 9.17) is 4.74 Å². The number of carbonyl (C=O) groups is 2. The molecule has 1 fully saturated rings. The molecule has 2 aliphatic rings. The Hall–Kier alpha value is -3.02. The van der Waals surface area contributed by atoms with Crippen LogP contribution in [0.15, 0.2) is 48.5 Å². The number of benzene rings is 2. The van der Waals surface area contributed by atoms with E-state index in [-0.39, 0.29) is 12.0 Å². The van der Waals surface area contributed by atoms with Gasteiger partial charge < -0.3 is 19.4 Å². The molecule has 158 valence electrons. The van der Waals surface area contributed by atoms with Crippen LogP contribution in [0.2, 0.25) is 0 Å². The summed E-state index contributed by atoms with van der Waals surface area (Å²) >= 11 is 0. The zero-order valence-corrected chi connectivity index (χ0v) is 17.9. The smallest absolute Gasteiger partial charge is 0.410 e. The average Bonchev–Trinajstić information content (AvgIpc) is 3.02. The highest BCUT2D eigenvalue weighted by Gasteiger charge is 2.30. The molecule has 0 aliphatic carbocycles. The molecule has 2 aliphatic heterocycles. The fourth-order valence-corrected chi connectivity index (χ4v) is 3.95. The maximum Gasteiger partial charge on any atom is 0.410 e. The summed E-state index contributed by atoms with van der Waals surface area (Å²) in [5.41, 5.74) is 3.55. The van der Waals surface area contributed by atoms with Crippen LogP contribution in [0.3, 0.4) is 0 Å². The number of anilines is 1. The molecule has 2 aromatic rings. The number of amides is 2. The first-order chi connectivity index (χ1) is 14.3. The van der Waals surface area contributed by atoms with Gasteiger partial charge in [0.15, 0.2) is 0 Å². The second kappa shape index (κ2) is 8.01. The summed E-state index contributed by atoms with van der Waals surface area (Å²) in [6, 6.07) is 16.2. The fraction of sp³-hybridized carbons (Fsp3) is 0.417. The highest BCUT2D eigenvalue weighted by Crippen LogP contribution is 2.29. The maximum absolute atomic E-state index is 12.9. The molecule has 0 saturated carbocycles. The third-order valence-corrected chi connectivity index (χ3v) is 5.49. The second-order valence-electron chi connectivity index (χ2n) is 8.94. The first kappa shape index (κ1) is 20.3. The van der Waals surface area contributed by atoms with Crippen molar-refractivity contribution in [3.8, 4) is 0 Å². The van der Waals surface area contributed by atoms with Crippen molar-refractivity contribution in [1.82, 2.24) is 9.80 Å². The van der Waals surface area contributed by atoms with E-state index in [2.05, 4.69) is 17.0 Å². The summed E-state index contributed by atoms with van der Waals surface area (Å²) < 4.78 is 5.47. The number of nitrogens with zero attached hydrogens (tertiary/aromatic N) is 3. The van der Waals surface area contributed by atoms with Gasteiger partial charge in [-0.05, 0) is 44.0 Å². The van der Waals surface area contributed by atoms with Gasteiger partial charge in [-0.1, -0.05) is 36.4 Å². The van der Waals surface area contributed by atoms with Crippen LogP contribution >= 0.6 is 0 Å². The standard InChI is InChI=1S/C24H29N3O3/c1-24(2,3)30-23(29)26-13-11-25(12-14-26)20-10-9-19-17-27(22(28)21(19)15-20)16-18-7-5-4-6-8-18/h4-10,15H,11-14,16-17H2,1-3H3. The van der Waals surface area contributed by atoms with Gasteiger partial charge in [0.2, 0.25) is 0 Å². The largest absolute Gasteiger partial charge is 0.444 e. The van der Waals surface area contributed by atoms with Crippen LogP contribution in [-0.2, 0) is 17.8 Å². The average molecular weight is 408 g/mol. The van der Waals surface area contributed by atoms with Crippen LogP contribution in [-0.4, -0.2) is 53.6 Å². The predicted octanol–water partition coefficient (Wildman–Crippen LogP) is 3.90. The minimum Gasteiger partial charge on any atom is -0.444 e. The van der Waals surface area contributed by atoms with E-state index in [1.54, 1.807) is 4.90 Å². The second-order valence-corrected chi connectivity index (χ2v) is 8.94. The van der Waals surface area contributed by atoms with Gasteiger partial charge in [-0.2, -0.15) is 0 Å². The molecule has 6 heteroatoms. The molecule has 0 unspecified atom stereocenters. The number of hydrogen-bond acceptors (Lipinski definition) is 4. The minimum absolute atomic E-state index is 0.0862. The summed E-state index contributed by atoms with van der Waals surface area (Å²) in [6.07, 6.45) is -0.261. The van der Waals surface area contributed by atoms with Crippen LogP contribution in [0, 0.1) is 0 Å². The minimum atomic E-state index is -0.486. The number of fused-ring (bicyclic) bond motifs is 1. The molecule has 0 spiro atoms. The monoisotopic (exact) mass is 407 g/mol. The predicted molar refractivity (Wildman–Crippen MR) is 116 cm³/mol. The Kier molecular flexibility index (Phi) is 5.41. The van der Waals surface area contributed by atoms with E-state index in [9.17, 15) is 9.59 Å². The first-order valence-corrected chi connectivity index (χ1v) is 10.5. The molecule has 0 N–H and O–H groups in total. The van der Waals surface area contributed by atoms with Crippen LogP contribution in [0.1, 0.15) is 42.3 Å². The van der Waals surface area contributed by atoms with E-state index in [1.807, 2.05) is 62.1 Å². The number of hydrogen-bond donors (Lipinski definition) is 0.